The second-order valence-electron chi connectivity index (χ2n) is 7.33. The second kappa shape index (κ2) is 10.6. The largest absolute Gasteiger partial charge is 0.497 e. The molecule has 0 aliphatic carbocycles. The number of piperidine rings is 1. The van der Waals surface area contributed by atoms with Crippen LogP contribution in [0.3, 0.4) is 0 Å². The second-order valence-corrected chi connectivity index (χ2v) is 7.33. The van der Waals surface area contributed by atoms with E-state index >= 15 is 0 Å². The molecule has 0 radical (unpaired) electrons. The number of rotatable bonds is 7. The minimum absolute atomic E-state index is 0.0353. The maximum atomic E-state index is 12.6. The molecule has 0 spiro atoms. The van der Waals surface area contributed by atoms with E-state index in [1.165, 1.54) is 24.3 Å². The zero-order valence-electron chi connectivity index (χ0n) is 17.5. The number of β-amino-alcohol motifs (C(OH)–C–C–N with tert-alkyl or cyclic N) is 1. The third kappa shape index (κ3) is 5.94. The van der Waals surface area contributed by atoms with Crippen molar-refractivity contribution in [3.8, 4) is 5.75 Å². The summed E-state index contributed by atoms with van der Waals surface area (Å²) in [6, 6.07) is 11.8. The molecule has 2 aromatic carbocycles. The van der Waals surface area contributed by atoms with Crippen LogP contribution >= 0.6 is 0 Å². The molecule has 2 atom stereocenters. The van der Waals surface area contributed by atoms with Gasteiger partial charge in [0.2, 0.25) is 0 Å². The monoisotopic (exact) mass is 444 g/mol. The van der Waals surface area contributed by atoms with Crippen molar-refractivity contribution in [2.24, 2.45) is 0 Å². The highest BCUT2D eigenvalue weighted by molar-refractivity contribution is 5.81. The Labute approximate surface area is 184 Å². The third-order valence-corrected chi connectivity index (χ3v) is 5.11. The van der Waals surface area contributed by atoms with E-state index in [-0.39, 0.29) is 31.9 Å². The summed E-state index contributed by atoms with van der Waals surface area (Å²) >= 11 is 0. The Hall–Kier alpha value is -3.66. The summed E-state index contributed by atoms with van der Waals surface area (Å²) in [6.45, 7) is -0.147. The van der Waals surface area contributed by atoms with Crippen LogP contribution < -0.4 is 4.74 Å². The molecule has 1 amide bonds. The number of carbonyl (C=O) groups excluding carboxylic acids is 2. The number of benzene rings is 2. The van der Waals surface area contributed by atoms with Gasteiger partial charge in [-0.25, -0.2) is 9.59 Å². The predicted octanol–water partition coefficient (Wildman–Crippen LogP) is 2.81. The van der Waals surface area contributed by atoms with Crippen molar-refractivity contribution in [2.45, 2.75) is 38.2 Å². The molecule has 1 aliphatic heterocycles. The molecule has 1 fully saturated rings. The van der Waals surface area contributed by atoms with Crippen LogP contribution in [-0.4, -0.2) is 52.8 Å². The van der Waals surface area contributed by atoms with Crippen LogP contribution in [0, 0.1) is 10.1 Å². The average molecular weight is 444 g/mol. The van der Waals surface area contributed by atoms with Crippen LogP contribution in [0.4, 0.5) is 10.5 Å². The lowest BCUT2D eigenvalue weighted by molar-refractivity contribution is -0.384. The average Bonchev–Trinajstić information content (AvgIpc) is 2.81. The van der Waals surface area contributed by atoms with Crippen LogP contribution in [-0.2, 0) is 27.5 Å². The fourth-order valence-corrected chi connectivity index (χ4v) is 3.31. The van der Waals surface area contributed by atoms with Crippen molar-refractivity contribution in [1.82, 2.24) is 4.90 Å². The minimum atomic E-state index is -0.874. The molecule has 0 unspecified atom stereocenters. The number of aliphatic hydroxyl groups excluding tert-OH is 1. The number of ether oxygens (including phenoxy) is 3. The van der Waals surface area contributed by atoms with Crippen molar-refractivity contribution < 1.29 is 33.8 Å². The molecule has 0 saturated carbocycles. The van der Waals surface area contributed by atoms with Gasteiger partial charge in [-0.15, -0.1) is 0 Å². The normalized spacial score (nSPS) is 18.0. The van der Waals surface area contributed by atoms with E-state index in [1.54, 1.807) is 31.4 Å². The van der Waals surface area contributed by atoms with Gasteiger partial charge in [0.15, 0.2) is 0 Å². The summed E-state index contributed by atoms with van der Waals surface area (Å²) in [5, 5.41) is 20.7. The molecule has 1 aliphatic rings. The number of amides is 1. The third-order valence-electron chi connectivity index (χ3n) is 5.11. The molecule has 0 bridgehead atoms. The lowest BCUT2D eigenvalue weighted by atomic mass is 10.0. The van der Waals surface area contributed by atoms with Gasteiger partial charge in [-0.3, -0.25) is 15.0 Å². The quantitative estimate of drug-likeness (QED) is 0.392. The van der Waals surface area contributed by atoms with Crippen LogP contribution in [0.1, 0.15) is 24.0 Å². The predicted molar refractivity (Wildman–Crippen MR) is 112 cm³/mol. The molecule has 170 valence electrons. The van der Waals surface area contributed by atoms with E-state index in [0.29, 0.717) is 17.7 Å². The van der Waals surface area contributed by atoms with E-state index in [2.05, 4.69) is 0 Å². The topological polar surface area (TPSA) is 128 Å². The molecule has 0 aromatic heterocycles. The first-order valence-electron chi connectivity index (χ1n) is 10.0. The van der Waals surface area contributed by atoms with Crippen molar-refractivity contribution in [2.75, 3.05) is 13.7 Å². The fraction of sp³-hybridized carbons (Fsp3) is 0.364. The zero-order chi connectivity index (χ0) is 23.1. The van der Waals surface area contributed by atoms with Gasteiger partial charge < -0.3 is 19.3 Å². The standard InChI is InChI=1S/C22H24N2O8/c1-30-19-9-4-16(5-10-19)13-31-21(26)20-11-8-18(25)12-23(20)22(27)32-14-15-2-6-17(7-3-15)24(28)29/h2-7,9-10,18,20,25H,8,11-14H2,1H3/t18-,20+/m1/s1. The Kier molecular flexibility index (Phi) is 7.61. The molecule has 10 nitrogen and oxygen atoms in total. The number of nitro groups is 1. The van der Waals surface area contributed by atoms with Gasteiger partial charge >= 0.3 is 12.1 Å². The fourth-order valence-electron chi connectivity index (χ4n) is 3.31. The molecule has 1 saturated heterocycles. The van der Waals surface area contributed by atoms with E-state index in [0.717, 1.165) is 10.5 Å². The van der Waals surface area contributed by atoms with E-state index in [4.69, 9.17) is 14.2 Å². The summed E-state index contributed by atoms with van der Waals surface area (Å²) in [5.74, 6) is 0.100. The van der Waals surface area contributed by atoms with E-state index in [1.807, 2.05) is 0 Å². The molecule has 32 heavy (non-hydrogen) atoms. The molecular weight excluding hydrogens is 420 g/mol. The highest BCUT2D eigenvalue weighted by Gasteiger charge is 2.37. The van der Waals surface area contributed by atoms with Gasteiger partial charge in [-0.1, -0.05) is 12.1 Å². The summed E-state index contributed by atoms with van der Waals surface area (Å²) in [4.78, 5) is 36.6. The van der Waals surface area contributed by atoms with Crippen LogP contribution in [0.15, 0.2) is 48.5 Å². The van der Waals surface area contributed by atoms with Crippen molar-refractivity contribution in [3.63, 3.8) is 0 Å². The number of non-ortho nitro benzene ring substituents is 1. The van der Waals surface area contributed by atoms with Gasteiger partial charge in [-0.05, 0) is 48.2 Å². The summed E-state index contributed by atoms with van der Waals surface area (Å²) < 4.78 is 15.7. The SMILES string of the molecule is COc1ccc(COC(=O)[C@@H]2CC[C@@H](O)CN2C(=O)OCc2ccc([N+](=O)[O-])cc2)cc1. The Morgan fingerprint density at radius 2 is 1.62 bits per heavy atom. The lowest BCUT2D eigenvalue weighted by Crippen LogP contribution is -2.52. The molecule has 3 rings (SSSR count). The first-order chi connectivity index (χ1) is 15.4. The van der Waals surface area contributed by atoms with Crippen molar-refractivity contribution in [3.05, 3.63) is 69.8 Å². The molecular formula is C22H24N2O8. The van der Waals surface area contributed by atoms with E-state index < -0.39 is 29.1 Å². The van der Waals surface area contributed by atoms with Gasteiger partial charge in [0.1, 0.15) is 25.0 Å². The van der Waals surface area contributed by atoms with Gasteiger partial charge in [-0.2, -0.15) is 0 Å². The van der Waals surface area contributed by atoms with Gasteiger partial charge in [0.25, 0.3) is 5.69 Å². The van der Waals surface area contributed by atoms with Crippen molar-refractivity contribution in [1.29, 1.82) is 0 Å². The summed E-state index contributed by atoms with van der Waals surface area (Å²) in [7, 11) is 1.56. The summed E-state index contributed by atoms with van der Waals surface area (Å²) in [5.41, 5.74) is 1.25. The van der Waals surface area contributed by atoms with Crippen LogP contribution in [0.25, 0.3) is 0 Å². The zero-order valence-corrected chi connectivity index (χ0v) is 17.5. The Morgan fingerprint density at radius 3 is 2.22 bits per heavy atom. The maximum absolute atomic E-state index is 12.6. The lowest BCUT2D eigenvalue weighted by Gasteiger charge is -2.35. The minimum Gasteiger partial charge on any atom is -0.497 e. The highest BCUT2D eigenvalue weighted by Crippen LogP contribution is 2.21. The number of esters is 1. The smallest absolute Gasteiger partial charge is 0.410 e. The van der Waals surface area contributed by atoms with Gasteiger partial charge in [0.05, 0.1) is 24.7 Å². The molecule has 10 heteroatoms. The van der Waals surface area contributed by atoms with Crippen LogP contribution in [0.2, 0.25) is 0 Å². The van der Waals surface area contributed by atoms with Crippen LogP contribution in [0.5, 0.6) is 5.75 Å². The number of nitrogens with zero attached hydrogens (tertiary/aromatic N) is 2. The Morgan fingerprint density at radius 1 is 1.03 bits per heavy atom. The molecule has 1 N–H and O–H groups in total. The number of likely N-dealkylation sites (tertiary alicyclic amines) is 1. The van der Waals surface area contributed by atoms with Crippen molar-refractivity contribution >= 4 is 17.7 Å². The number of hydrogen-bond acceptors (Lipinski definition) is 8. The number of aliphatic hydroxyl groups is 1. The Balaban J connectivity index is 1.58. The van der Waals surface area contributed by atoms with Gasteiger partial charge in [0, 0.05) is 12.1 Å². The first kappa shape index (κ1) is 23.0. The first-order valence-corrected chi connectivity index (χ1v) is 10.0. The number of nitro benzene ring substituents is 1. The maximum Gasteiger partial charge on any atom is 0.410 e. The van der Waals surface area contributed by atoms with E-state index in [9.17, 15) is 24.8 Å². The number of methoxy groups -OCH3 is 1. The summed E-state index contributed by atoms with van der Waals surface area (Å²) in [6.07, 6.45) is -0.940. The highest BCUT2D eigenvalue weighted by atomic mass is 16.6. The number of carbonyl (C=O) groups is 2. The molecule has 1 heterocycles. The Bertz CT molecular complexity index is 945. The molecule has 2 aromatic rings. The number of hydrogen-bond donors (Lipinski definition) is 1.